The van der Waals surface area contributed by atoms with Crippen molar-refractivity contribution in [3.05, 3.63) is 45.6 Å². The number of hydrogen-bond donors (Lipinski definition) is 1. The van der Waals surface area contributed by atoms with Crippen LogP contribution in [0.2, 0.25) is 5.02 Å². The zero-order valence-electron chi connectivity index (χ0n) is 8.98. The van der Waals surface area contributed by atoms with Gasteiger partial charge in [-0.1, -0.05) is 23.7 Å². The second-order valence-corrected chi connectivity index (χ2v) is 5.05. The van der Waals surface area contributed by atoms with Crippen LogP contribution in [0, 0.1) is 0 Å². The molecule has 2 aromatic rings. The number of hydrogen-bond acceptors (Lipinski definition) is 3. The van der Waals surface area contributed by atoms with Gasteiger partial charge in [-0.15, -0.1) is 11.3 Å². The summed E-state index contributed by atoms with van der Waals surface area (Å²) in [5.74, 6) is 0. The molecule has 0 radical (unpaired) electrons. The molecular formula is C12H13ClN2S. The molecule has 0 saturated carbocycles. The van der Waals surface area contributed by atoms with E-state index in [1.807, 2.05) is 19.2 Å². The van der Waals surface area contributed by atoms with Gasteiger partial charge in [-0.05, 0) is 23.6 Å². The molecule has 0 atom stereocenters. The van der Waals surface area contributed by atoms with Crippen molar-refractivity contribution in [2.24, 2.45) is 0 Å². The molecule has 2 N–H and O–H groups in total. The zero-order chi connectivity index (χ0) is 11.5. The van der Waals surface area contributed by atoms with E-state index < -0.39 is 0 Å². The van der Waals surface area contributed by atoms with E-state index in [-0.39, 0.29) is 0 Å². The molecule has 0 aliphatic heterocycles. The molecule has 4 heteroatoms. The Bertz CT molecular complexity index is 468. The number of nitrogen functional groups attached to an aromatic ring is 1. The number of nitrogens with two attached hydrogens (primary N) is 1. The number of para-hydroxylation sites is 1. The lowest BCUT2D eigenvalue weighted by atomic mass is 10.2. The summed E-state index contributed by atoms with van der Waals surface area (Å²) in [5.41, 5.74) is 7.56. The summed E-state index contributed by atoms with van der Waals surface area (Å²) in [6.45, 7) is 0.849. The van der Waals surface area contributed by atoms with Crippen molar-refractivity contribution in [2.45, 2.75) is 6.54 Å². The van der Waals surface area contributed by atoms with Crippen LogP contribution >= 0.6 is 22.9 Å². The van der Waals surface area contributed by atoms with Crippen LogP contribution in [0.1, 0.15) is 4.88 Å². The van der Waals surface area contributed by atoms with E-state index >= 15 is 0 Å². The zero-order valence-corrected chi connectivity index (χ0v) is 10.6. The van der Waals surface area contributed by atoms with Crippen LogP contribution in [-0.4, -0.2) is 7.05 Å². The summed E-state index contributed by atoms with van der Waals surface area (Å²) in [4.78, 5) is 3.41. The van der Waals surface area contributed by atoms with Crippen LogP contribution in [0.4, 0.5) is 11.4 Å². The summed E-state index contributed by atoms with van der Waals surface area (Å²) >= 11 is 7.73. The van der Waals surface area contributed by atoms with Gasteiger partial charge in [-0.2, -0.15) is 0 Å². The molecule has 1 heterocycles. The van der Waals surface area contributed by atoms with Crippen LogP contribution < -0.4 is 10.6 Å². The van der Waals surface area contributed by atoms with Crippen LogP contribution in [0.5, 0.6) is 0 Å². The molecule has 16 heavy (non-hydrogen) atoms. The molecule has 0 unspecified atom stereocenters. The van der Waals surface area contributed by atoms with Gasteiger partial charge in [0.1, 0.15) is 0 Å². The number of nitrogens with zero attached hydrogens (tertiary/aromatic N) is 1. The summed E-state index contributed by atoms with van der Waals surface area (Å²) in [6, 6.07) is 9.87. The monoisotopic (exact) mass is 252 g/mol. The SMILES string of the molecule is CN(Cc1cccs1)c1cccc(Cl)c1N. The van der Waals surface area contributed by atoms with Crippen LogP contribution in [0.3, 0.4) is 0 Å². The van der Waals surface area contributed by atoms with Crippen LogP contribution in [0.25, 0.3) is 0 Å². The Labute approximate surface area is 104 Å². The Balaban J connectivity index is 2.21. The number of benzene rings is 1. The lowest BCUT2D eigenvalue weighted by molar-refractivity contribution is 0.942. The highest BCUT2D eigenvalue weighted by atomic mass is 35.5. The number of halogens is 1. The minimum absolute atomic E-state index is 0.607. The van der Waals surface area contributed by atoms with E-state index in [1.54, 1.807) is 17.4 Å². The van der Waals surface area contributed by atoms with Gasteiger partial charge < -0.3 is 10.6 Å². The topological polar surface area (TPSA) is 29.3 Å². The van der Waals surface area contributed by atoms with Gasteiger partial charge in [-0.3, -0.25) is 0 Å². The second kappa shape index (κ2) is 4.76. The summed E-state index contributed by atoms with van der Waals surface area (Å²) in [5, 5.41) is 2.68. The number of thiophene rings is 1. The Hall–Kier alpha value is -1.19. The van der Waals surface area contributed by atoms with Crippen molar-refractivity contribution in [3.63, 3.8) is 0 Å². The normalized spacial score (nSPS) is 10.4. The molecule has 0 amide bonds. The molecule has 2 nitrogen and oxygen atoms in total. The summed E-state index contributed by atoms with van der Waals surface area (Å²) in [7, 11) is 2.02. The molecule has 0 aliphatic rings. The fourth-order valence-electron chi connectivity index (χ4n) is 1.58. The van der Waals surface area contributed by atoms with E-state index in [9.17, 15) is 0 Å². The first-order valence-corrected chi connectivity index (χ1v) is 6.22. The third kappa shape index (κ3) is 2.31. The quantitative estimate of drug-likeness (QED) is 0.846. The van der Waals surface area contributed by atoms with E-state index in [0.29, 0.717) is 10.7 Å². The third-order valence-electron chi connectivity index (χ3n) is 2.41. The predicted octanol–water partition coefficient (Wildman–Crippen LogP) is 3.62. The smallest absolute Gasteiger partial charge is 0.0741 e. The maximum atomic E-state index is 5.99. The molecule has 84 valence electrons. The molecule has 0 spiro atoms. The van der Waals surface area contributed by atoms with E-state index in [0.717, 1.165) is 12.2 Å². The first-order valence-electron chi connectivity index (χ1n) is 4.96. The molecule has 0 fully saturated rings. The fourth-order valence-corrected chi connectivity index (χ4v) is 2.51. The lowest BCUT2D eigenvalue weighted by Crippen LogP contribution is -2.17. The third-order valence-corrected chi connectivity index (χ3v) is 3.60. The second-order valence-electron chi connectivity index (χ2n) is 3.61. The van der Waals surface area contributed by atoms with Gasteiger partial charge in [-0.25, -0.2) is 0 Å². The lowest BCUT2D eigenvalue weighted by Gasteiger charge is -2.20. The highest BCUT2D eigenvalue weighted by Crippen LogP contribution is 2.30. The Morgan fingerprint density at radius 2 is 2.12 bits per heavy atom. The van der Waals surface area contributed by atoms with E-state index in [4.69, 9.17) is 17.3 Å². The summed E-state index contributed by atoms with van der Waals surface area (Å²) in [6.07, 6.45) is 0. The van der Waals surface area contributed by atoms with Crippen LogP contribution in [-0.2, 0) is 6.54 Å². The van der Waals surface area contributed by atoms with Crippen molar-refractivity contribution in [2.75, 3.05) is 17.7 Å². The van der Waals surface area contributed by atoms with Gasteiger partial charge >= 0.3 is 0 Å². The van der Waals surface area contributed by atoms with Gasteiger partial charge in [0.2, 0.25) is 0 Å². The Kier molecular flexibility index (Phi) is 3.36. The van der Waals surface area contributed by atoms with Gasteiger partial charge in [0.15, 0.2) is 0 Å². The number of anilines is 2. The fraction of sp³-hybridized carbons (Fsp3) is 0.167. The first-order chi connectivity index (χ1) is 7.68. The largest absolute Gasteiger partial charge is 0.396 e. The molecule has 1 aromatic heterocycles. The van der Waals surface area contributed by atoms with E-state index in [1.165, 1.54) is 4.88 Å². The highest BCUT2D eigenvalue weighted by Gasteiger charge is 2.08. The van der Waals surface area contributed by atoms with E-state index in [2.05, 4.69) is 22.4 Å². The van der Waals surface area contributed by atoms with Gasteiger partial charge in [0.05, 0.1) is 22.9 Å². The standard InChI is InChI=1S/C12H13ClN2S/c1-15(8-9-4-3-7-16-9)11-6-2-5-10(13)12(11)14/h2-7H,8,14H2,1H3. The van der Waals surface area contributed by atoms with Crippen molar-refractivity contribution in [3.8, 4) is 0 Å². The maximum Gasteiger partial charge on any atom is 0.0741 e. The first kappa shape index (κ1) is 11.3. The van der Waals surface area contributed by atoms with Crippen molar-refractivity contribution >= 4 is 34.3 Å². The van der Waals surface area contributed by atoms with Crippen molar-refractivity contribution in [1.29, 1.82) is 0 Å². The maximum absolute atomic E-state index is 5.99. The van der Waals surface area contributed by atoms with Gasteiger partial charge in [0, 0.05) is 11.9 Å². The summed E-state index contributed by atoms with van der Waals surface area (Å²) < 4.78 is 0. The molecule has 1 aromatic carbocycles. The predicted molar refractivity (Wildman–Crippen MR) is 72.3 cm³/mol. The van der Waals surface area contributed by atoms with Crippen molar-refractivity contribution in [1.82, 2.24) is 0 Å². The Morgan fingerprint density at radius 1 is 1.31 bits per heavy atom. The molecule has 2 rings (SSSR count). The highest BCUT2D eigenvalue weighted by molar-refractivity contribution is 7.09. The average molecular weight is 253 g/mol. The van der Waals surface area contributed by atoms with Crippen molar-refractivity contribution < 1.29 is 0 Å². The van der Waals surface area contributed by atoms with Gasteiger partial charge in [0.25, 0.3) is 0 Å². The molecular weight excluding hydrogens is 240 g/mol. The van der Waals surface area contributed by atoms with Crippen LogP contribution in [0.15, 0.2) is 35.7 Å². The average Bonchev–Trinajstić information content (AvgIpc) is 2.74. The molecule has 0 saturated heterocycles. The Morgan fingerprint density at radius 3 is 2.81 bits per heavy atom. The number of rotatable bonds is 3. The molecule has 0 bridgehead atoms. The minimum Gasteiger partial charge on any atom is -0.396 e. The minimum atomic E-state index is 0.607. The molecule has 0 aliphatic carbocycles.